The maximum Gasteiger partial charge on any atom is 0.230 e. The Hall–Kier alpha value is -1.06. The van der Waals surface area contributed by atoms with Crippen LogP contribution in [0.25, 0.3) is 0 Å². The summed E-state index contributed by atoms with van der Waals surface area (Å²) in [6.07, 6.45) is 9.54. The molecule has 0 aromatic heterocycles. The van der Waals surface area contributed by atoms with Gasteiger partial charge in [-0.1, -0.05) is 19.3 Å². The van der Waals surface area contributed by atoms with E-state index in [-0.39, 0.29) is 11.3 Å². The normalized spacial score (nSPS) is 31.2. The van der Waals surface area contributed by atoms with E-state index >= 15 is 0 Å². The molecule has 3 aliphatic rings. The smallest absolute Gasteiger partial charge is 0.230 e. The Morgan fingerprint density at radius 1 is 1.14 bits per heavy atom. The molecule has 0 aromatic rings. The molecule has 118 valence electrons. The molecule has 0 aromatic carbocycles. The van der Waals surface area contributed by atoms with Gasteiger partial charge in [0.25, 0.3) is 0 Å². The molecule has 0 unspecified atom stereocenters. The Labute approximate surface area is 127 Å². The van der Waals surface area contributed by atoms with E-state index < -0.39 is 0 Å². The van der Waals surface area contributed by atoms with Gasteiger partial charge < -0.3 is 9.80 Å². The molecule has 2 aliphatic heterocycles. The number of likely N-dealkylation sites (tertiary alicyclic amines) is 2. The monoisotopic (exact) mass is 292 g/mol. The van der Waals surface area contributed by atoms with Crippen LogP contribution in [0.1, 0.15) is 58.3 Å². The van der Waals surface area contributed by atoms with Gasteiger partial charge in [0.05, 0.1) is 5.41 Å². The van der Waals surface area contributed by atoms with Crippen molar-refractivity contribution in [2.75, 3.05) is 26.2 Å². The largest absolute Gasteiger partial charge is 0.342 e. The van der Waals surface area contributed by atoms with Crippen LogP contribution in [-0.4, -0.2) is 47.8 Å². The highest BCUT2D eigenvalue weighted by molar-refractivity contribution is 5.85. The van der Waals surface area contributed by atoms with Crippen LogP contribution in [0.5, 0.6) is 0 Å². The van der Waals surface area contributed by atoms with Crippen molar-refractivity contribution in [3.8, 4) is 0 Å². The van der Waals surface area contributed by atoms with E-state index in [9.17, 15) is 9.59 Å². The molecule has 1 saturated carbocycles. The van der Waals surface area contributed by atoms with Crippen LogP contribution in [-0.2, 0) is 9.59 Å². The molecule has 0 bridgehead atoms. The van der Waals surface area contributed by atoms with Crippen LogP contribution >= 0.6 is 0 Å². The number of nitrogens with zero attached hydrogens (tertiary/aromatic N) is 2. The molecule has 2 amide bonds. The summed E-state index contributed by atoms with van der Waals surface area (Å²) in [6, 6.07) is 0. The zero-order chi connectivity index (χ0) is 14.9. The highest BCUT2D eigenvalue weighted by Gasteiger charge is 2.49. The summed E-state index contributed by atoms with van der Waals surface area (Å²) in [7, 11) is 0. The molecular weight excluding hydrogens is 264 g/mol. The van der Waals surface area contributed by atoms with E-state index in [1.165, 1.54) is 32.1 Å². The van der Waals surface area contributed by atoms with E-state index in [4.69, 9.17) is 0 Å². The van der Waals surface area contributed by atoms with Crippen molar-refractivity contribution in [3.05, 3.63) is 0 Å². The van der Waals surface area contributed by atoms with Crippen LogP contribution in [0.4, 0.5) is 0 Å². The fraction of sp³-hybridized carbons (Fsp3) is 0.882. The van der Waals surface area contributed by atoms with Crippen LogP contribution in [0.3, 0.4) is 0 Å². The summed E-state index contributed by atoms with van der Waals surface area (Å²) in [4.78, 5) is 28.5. The van der Waals surface area contributed by atoms with Gasteiger partial charge in [-0.15, -0.1) is 0 Å². The van der Waals surface area contributed by atoms with Crippen LogP contribution in [0.2, 0.25) is 0 Å². The van der Waals surface area contributed by atoms with Gasteiger partial charge in [-0.25, -0.2) is 0 Å². The van der Waals surface area contributed by atoms with Crippen molar-refractivity contribution in [3.63, 3.8) is 0 Å². The zero-order valence-corrected chi connectivity index (χ0v) is 13.3. The van der Waals surface area contributed by atoms with Crippen molar-refractivity contribution >= 4 is 11.8 Å². The first-order chi connectivity index (χ1) is 10.1. The maximum absolute atomic E-state index is 13.0. The lowest BCUT2D eigenvalue weighted by Gasteiger charge is -2.41. The van der Waals surface area contributed by atoms with Crippen LogP contribution in [0, 0.1) is 11.3 Å². The fourth-order valence-electron chi connectivity index (χ4n) is 4.53. The summed E-state index contributed by atoms with van der Waals surface area (Å²) in [5.74, 6) is 1.16. The Balaban J connectivity index is 1.65. The van der Waals surface area contributed by atoms with Crippen molar-refractivity contribution in [1.29, 1.82) is 0 Å². The van der Waals surface area contributed by atoms with Gasteiger partial charge in [0.2, 0.25) is 11.8 Å². The topological polar surface area (TPSA) is 40.6 Å². The molecule has 1 spiro atoms. The van der Waals surface area contributed by atoms with Gasteiger partial charge in [0.1, 0.15) is 0 Å². The van der Waals surface area contributed by atoms with Crippen LogP contribution < -0.4 is 0 Å². The molecule has 2 saturated heterocycles. The Kier molecular flexibility index (Phi) is 4.23. The minimum Gasteiger partial charge on any atom is -0.342 e. The molecule has 1 atom stereocenters. The number of rotatable bonds is 2. The summed E-state index contributed by atoms with van der Waals surface area (Å²) in [6.45, 7) is 4.92. The summed E-state index contributed by atoms with van der Waals surface area (Å²) >= 11 is 0. The Bertz CT molecular complexity index is 417. The number of carbonyl (C=O) groups is 2. The molecule has 0 radical (unpaired) electrons. The van der Waals surface area contributed by atoms with Gasteiger partial charge >= 0.3 is 0 Å². The van der Waals surface area contributed by atoms with E-state index in [1.807, 2.05) is 4.90 Å². The standard InChI is InChI=1S/C17H28N2O2/c1-14(20)19-11-9-17(13-19)8-5-10-18(16(17)21)12-15-6-3-2-4-7-15/h15H,2-13H2,1H3/t17-/m0/s1. The number of hydrogen-bond acceptors (Lipinski definition) is 2. The molecule has 0 N–H and O–H groups in total. The molecule has 4 heteroatoms. The molecule has 4 nitrogen and oxygen atoms in total. The second-order valence-electron chi connectivity index (χ2n) is 7.33. The van der Waals surface area contributed by atoms with E-state index in [1.54, 1.807) is 6.92 Å². The molecule has 1 aliphatic carbocycles. The molecular formula is C17H28N2O2. The van der Waals surface area contributed by atoms with Gasteiger partial charge in [-0.2, -0.15) is 0 Å². The molecule has 21 heavy (non-hydrogen) atoms. The Morgan fingerprint density at radius 3 is 2.57 bits per heavy atom. The first-order valence-corrected chi connectivity index (χ1v) is 8.66. The van der Waals surface area contributed by atoms with Crippen molar-refractivity contribution < 1.29 is 9.59 Å². The predicted octanol–water partition coefficient (Wildman–Crippen LogP) is 2.43. The minimum absolute atomic E-state index is 0.115. The van der Waals surface area contributed by atoms with Gasteiger partial charge in [-0.3, -0.25) is 9.59 Å². The highest BCUT2D eigenvalue weighted by atomic mass is 16.2. The lowest BCUT2D eigenvalue weighted by molar-refractivity contribution is -0.147. The molecule has 3 rings (SSSR count). The number of hydrogen-bond donors (Lipinski definition) is 0. The van der Waals surface area contributed by atoms with Crippen molar-refractivity contribution in [2.24, 2.45) is 11.3 Å². The SMILES string of the molecule is CC(=O)N1CC[C@@]2(CCCN(CC3CCCCC3)C2=O)C1. The second-order valence-corrected chi connectivity index (χ2v) is 7.33. The fourth-order valence-corrected chi connectivity index (χ4v) is 4.53. The summed E-state index contributed by atoms with van der Waals surface area (Å²) in [5.41, 5.74) is -0.251. The van der Waals surface area contributed by atoms with E-state index in [0.717, 1.165) is 38.9 Å². The van der Waals surface area contributed by atoms with Gasteiger partial charge in [-0.05, 0) is 38.0 Å². The first kappa shape index (κ1) is 14.9. The maximum atomic E-state index is 13.0. The minimum atomic E-state index is -0.251. The number of amides is 2. The quantitative estimate of drug-likeness (QED) is 0.784. The third-order valence-corrected chi connectivity index (χ3v) is 5.83. The highest BCUT2D eigenvalue weighted by Crippen LogP contribution is 2.40. The third kappa shape index (κ3) is 2.95. The molecule has 3 fully saturated rings. The third-order valence-electron chi connectivity index (χ3n) is 5.83. The van der Waals surface area contributed by atoms with E-state index in [0.29, 0.717) is 18.4 Å². The van der Waals surface area contributed by atoms with E-state index in [2.05, 4.69) is 4.90 Å². The summed E-state index contributed by atoms with van der Waals surface area (Å²) in [5, 5.41) is 0. The lowest BCUT2D eigenvalue weighted by Crippen LogP contribution is -2.51. The average Bonchev–Trinajstić information content (AvgIpc) is 2.91. The van der Waals surface area contributed by atoms with Gasteiger partial charge in [0, 0.05) is 33.1 Å². The van der Waals surface area contributed by atoms with Gasteiger partial charge in [0.15, 0.2) is 0 Å². The summed E-state index contributed by atoms with van der Waals surface area (Å²) < 4.78 is 0. The van der Waals surface area contributed by atoms with Crippen LogP contribution in [0.15, 0.2) is 0 Å². The average molecular weight is 292 g/mol. The number of piperidine rings is 1. The zero-order valence-electron chi connectivity index (χ0n) is 13.3. The molecule has 2 heterocycles. The van der Waals surface area contributed by atoms with Crippen molar-refractivity contribution in [2.45, 2.75) is 58.3 Å². The predicted molar refractivity (Wildman–Crippen MR) is 81.7 cm³/mol. The second kappa shape index (κ2) is 5.98. The number of carbonyl (C=O) groups excluding carboxylic acids is 2. The van der Waals surface area contributed by atoms with Crippen molar-refractivity contribution in [1.82, 2.24) is 9.80 Å². The Morgan fingerprint density at radius 2 is 1.90 bits per heavy atom. The first-order valence-electron chi connectivity index (χ1n) is 8.66. The lowest BCUT2D eigenvalue weighted by atomic mass is 9.77.